The minimum Gasteiger partial charge on any atom is -0.449 e. The van der Waals surface area contributed by atoms with Crippen molar-refractivity contribution in [2.24, 2.45) is 0 Å². The predicted molar refractivity (Wildman–Crippen MR) is 108 cm³/mol. The van der Waals surface area contributed by atoms with Crippen molar-refractivity contribution < 1.29 is 23.1 Å². The lowest BCUT2D eigenvalue weighted by Gasteiger charge is -2.16. The molecule has 1 amide bonds. The van der Waals surface area contributed by atoms with Gasteiger partial charge in [0.25, 0.3) is 5.91 Å². The van der Waals surface area contributed by atoms with Gasteiger partial charge in [0.15, 0.2) is 6.10 Å². The van der Waals surface area contributed by atoms with Crippen molar-refractivity contribution in [1.82, 2.24) is 0 Å². The number of hydrogen-bond donors (Lipinski definition) is 1. The van der Waals surface area contributed by atoms with Crippen LogP contribution in [0.5, 0.6) is 0 Å². The average Bonchev–Trinajstić information content (AvgIpc) is 3.19. The van der Waals surface area contributed by atoms with Gasteiger partial charge in [0.1, 0.15) is 11.6 Å². The van der Waals surface area contributed by atoms with E-state index in [0.29, 0.717) is 17.0 Å². The largest absolute Gasteiger partial charge is 0.449 e. The third-order valence-corrected chi connectivity index (χ3v) is 4.43. The SMILES string of the molecule is CC(C)c1ccccc1NC(=O)[C@@H](C)OC(=O)c1ccc(-c2ccc(F)cc2)o1. The van der Waals surface area contributed by atoms with E-state index in [4.69, 9.17) is 9.15 Å². The second kappa shape index (κ2) is 8.73. The molecule has 0 bridgehead atoms. The number of halogens is 1. The van der Waals surface area contributed by atoms with Crippen molar-refractivity contribution in [2.45, 2.75) is 32.8 Å². The van der Waals surface area contributed by atoms with Gasteiger partial charge >= 0.3 is 5.97 Å². The normalized spacial score (nSPS) is 11.9. The molecule has 3 aromatic rings. The Balaban J connectivity index is 1.65. The van der Waals surface area contributed by atoms with Crippen LogP contribution in [0.3, 0.4) is 0 Å². The number of carbonyl (C=O) groups excluding carboxylic acids is 2. The molecule has 6 heteroatoms. The highest BCUT2D eigenvalue weighted by Crippen LogP contribution is 2.25. The molecule has 3 rings (SSSR count). The molecule has 2 aromatic carbocycles. The van der Waals surface area contributed by atoms with E-state index in [1.165, 1.54) is 25.1 Å². The van der Waals surface area contributed by atoms with Crippen LogP contribution in [-0.2, 0) is 9.53 Å². The van der Waals surface area contributed by atoms with E-state index < -0.39 is 18.0 Å². The highest BCUT2D eigenvalue weighted by molar-refractivity contribution is 5.97. The smallest absolute Gasteiger partial charge is 0.375 e. The van der Waals surface area contributed by atoms with Crippen LogP contribution >= 0.6 is 0 Å². The molecule has 0 aliphatic carbocycles. The maximum atomic E-state index is 13.0. The van der Waals surface area contributed by atoms with Gasteiger partial charge in [-0.1, -0.05) is 32.0 Å². The quantitative estimate of drug-likeness (QED) is 0.568. The van der Waals surface area contributed by atoms with Crippen molar-refractivity contribution >= 4 is 17.6 Å². The average molecular weight is 395 g/mol. The zero-order valence-corrected chi connectivity index (χ0v) is 16.4. The molecule has 0 aliphatic rings. The number of amides is 1. The Morgan fingerprint density at radius 2 is 1.66 bits per heavy atom. The highest BCUT2D eigenvalue weighted by atomic mass is 19.1. The molecule has 0 fully saturated rings. The lowest BCUT2D eigenvalue weighted by molar-refractivity contribution is -0.123. The summed E-state index contributed by atoms with van der Waals surface area (Å²) in [5.41, 5.74) is 2.31. The van der Waals surface area contributed by atoms with E-state index in [9.17, 15) is 14.0 Å². The monoisotopic (exact) mass is 395 g/mol. The number of esters is 1. The van der Waals surface area contributed by atoms with E-state index in [1.54, 1.807) is 18.2 Å². The van der Waals surface area contributed by atoms with E-state index >= 15 is 0 Å². The number of para-hydroxylation sites is 1. The summed E-state index contributed by atoms with van der Waals surface area (Å²) >= 11 is 0. The van der Waals surface area contributed by atoms with Crippen LogP contribution in [-0.4, -0.2) is 18.0 Å². The minimum absolute atomic E-state index is 0.0356. The van der Waals surface area contributed by atoms with E-state index in [-0.39, 0.29) is 17.5 Å². The summed E-state index contributed by atoms with van der Waals surface area (Å²) in [6.45, 7) is 5.56. The number of ether oxygens (including phenoxy) is 1. The second-order valence-corrected chi connectivity index (χ2v) is 6.95. The Hall–Kier alpha value is -3.41. The van der Waals surface area contributed by atoms with Crippen LogP contribution in [0.25, 0.3) is 11.3 Å². The molecule has 1 aromatic heterocycles. The predicted octanol–water partition coefficient (Wildman–Crippen LogP) is 5.39. The van der Waals surface area contributed by atoms with Gasteiger partial charge in [-0.15, -0.1) is 0 Å². The zero-order chi connectivity index (χ0) is 21.0. The topological polar surface area (TPSA) is 68.5 Å². The Labute approximate surface area is 168 Å². The molecule has 1 N–H and O–H groups in total. The lowest BCUT2D eigenvalue weighted by Crippen LogP contribution is -2.30. The fourth-order valence-corrected chi connectivity index (χ4v) is 2.84. The molecule has 0 saturated heterocycles. The lowest BCUT2D eigenvalue weighted by atomic mass is 10.0. The van der Waals surface area contributed by atoms with Crippen LogP contribution in [0, 0.1) is 5.82 Å². The van der Waals surface area contributed by atoms with Crippen LogP contribution in [0.15, 0.2) is 65.1 Å². The molecule has 0 saturated carbocycles. The molecular formula is C23H22FNO4. The molecule has 0 spiro atoms. The number of hydrogen-bond acceptors (Lipinski definition) is 4. The summed E-state index contributed by atoms with van der Waals surface area (Å²) < 4.78 is 23.8. The Morgan fingerprint density at radius 3 is 2.34 bits per heavy atom. The van der Waals surface area contributed by atoms with Crippen LogP contribution < -0.4 is 5.32 Å². The molecule has 0 unspecified atom stereocenters. The summed E-state index contributed by atoms with van der Waals surface area (Å²) in [5, 5.41) is 2.80. The van der Waals surface area contributed by atoms with Crippen molar-refractivity contribution in [3.8, 4) is 11.3 Å². The summed E-state index contributed by atoms with van der Waals surface area (Å²) in [6, 6.07) is 16.2. The first-order chi connectivity index (χ1) is 13.8. The highest BCUT2D eigenvalue weighted by Gasteiger charge is 2.22. The molecule has 0 radical (unpaired) electrons. The van der Waals surface area contributed by atoms with Gasteiger partial charge < -0.3 is 14.5 Å². The van der Waals surface area contributed by atoms with Gasteiger partial charge in [-0.05, 0) is 60.9 Å². The first-order valence-corrected chi connectivity index (χ1v) is 9.31. The van der Waals surface area contributed by atoms with Crippen LogP contribution in [0.2, 0.25) is 0 Å². The number of nitrogens with one attached hydrogen (secondary N) is 1. The van der Waals surface area contributed by atoms with Crippen molar-refractivity contribution in [3.63, 3.8) is 0 Å². The third-order valence-electron chi connectivity index (χ3n) is 4.43. The number of furan rings is 1. The Morgan fingerprint density at radius 1 is 0.966 bits per heavy atom. The van der Waals surface area contributed by atoms with Gasteiger partial charge in [0, 0.05) is 11.3 Å². The summed E-state index contributed by atoms with van der Waals surface area (Å²) in [7, 11) is 0. The minimum atomic E-state index is -1.01. The van der Waals surface area contributed by atoms with Crippen molar-refractivity contribution in [3.05, 3.63) is 77.8 Å². The number of anilines is 1. The van der Waals surface area contributed by atoms with Crippen LogP contribution in [0.4, 0.5) is 10.1 Å². The van der Waals surface area contributed by atoms with E-state index in [0.717, 1.165) is 5.56 Å². The number of rotatable bonds is 6. The van der Waals surface area contributed by atoms with Crippen LogP contribution in [0.1, 0.15) is 42.8 Å². The van der Waals surface area contributed by atoms with Crippen molar-refractivity contribution in [1.29, 1.82) is 0 Å². The standard InChI is InChI=1S/C23H22FNO4/c1-14(2)18-6-4-5-7-19(18)25-22(26)15(3)28-23(27)21-13-12-20(29-21)16-8-10-17(24)11-9-16/h4-15H,1-3H3,(H,25,26)/t15-/m1/s1. The molecule has 1 atom stereocenters. The van der Waals surface area contributed by atoms with E-state index in [2.05, 4.69) is 5.32 Å². The third kappa shape index (κ3) is 4.90. The molecule has 29 heavy (non-hydrogen) atoms. The zero-order valence-electron chi connectivity index (χ0n) is 16.4. The second-order valence-electron chi connectivity index (χ2n) is 6.95. The first-order valence-electron chi connectivity index (χ1n) is 9.31. The number of carbonyl (C=O) groups is 2. The summed E-state index contributed by atoms with van der Waals surface area (Å²) in [5.74, 6) is -0.947. The van der Waals surface area contributed by atoms with Gasteiger partial charge in [-0.2, -0.15) is 0 Å². The Kier molecular flexibility index (Phi) is 6.12. The van der Waals surface area contributed by atoms with Gasteiger partial charge in [-0.3, -0.25) is 4.79 Å². The molecule has 0 aliphatic heterocycles. The molecule has 1 heterocycles. The first kappa shape index (κ1) is 20.3. The maximum absolute atomic E-state index is 13.0. The summed E-state index contributed by atoms with van der Waals surface area (Å²) in [4.78, 5) is 24.8. The number of benzene rings is 2. The van der Waals surface area contributed by atoms with Crippen molar-refractivity contribution in [2.75, 3.05) is 5.32 Å². The van der Waals surface area contributed by atoms with E-state index in [1.807, 2.05) is 38.1 Å². The fraction of sp³-hybridized carbons (Fsp3) is 0.217. The Bertz CT molecular complexity index is 1010. The maximum Gasteiger partial charge on any atom is 0.375 e. The fourth-order valence-electron chi connectivity index (χ4n) is 2.84. The van der Waals surface area contributed by atoms with Gasteiger partial charge in [0.2, 0.25) is 5.76 Å². The molecular weight excluding hydrogens is 373 g/mol. The summed E-state index contributed by atoms with van der Waals surface area (Å²) in [6.07, 6.45) is -1.01. The van der Waals surface area contributed by atoms with Gasteiger partial charge in [0.05, 0.1) is 0 Å². The van der Waals surface area contributed by atoms with Gasteiger partial charge in [-0.25, -0.2) is 9.18 Å². The molecule has 150 valence electrons. The molecule has 5 nitrogen and oxygen atoms in total.